The molecule has 0 bridgehead atoms. The van der Waals surface area contributed by atoms with Gasteiger partial charge in [-0.1, -0.05) is 0 Å². The summed E-state index contributed by atoms with van der Waals surface area (Å²) in [4.78, 5) is 16.7. The van der Waals surface area contributed by atoms with Crippen LogP contribution in [0.15, 0.2) is 18.2 Å². The summed E-state index contributed by atoms with van der Waals surface area (Å²) < 4.78 is 16.3. The molecule has 0 saturated carbocycles. The molecule has 0 radical (unpaired) electrons. The fraction of sp³-hybridized carbons (Fsp3) is 0.611. The van der Waals surface area contributed by atoms with E-state index in [0.717, 1.165) is 62.6 Å². The van der Waals surface area contributed by atoms with Gasteiger partial charge < -0.3 is 19.1 Å². The second-order valence-electron chi connectivity index (χ2n) is 6.28. The number of hydrogen-bond acceptors (Lipinski definition) is 5. The molecule has 2 aliphatic rings. The van der Waals surface area contributed by atoms with Gasteiger partial charge in [0.15, 0.2) is 0 Å². The van der Waals surface area contributed by atoms with Crippen molar-refractivity contribution in [1.82, 2.24) is 9.80 Å². The lowest BCUT2D eigenvalue weighted by Gasteiger charge is -2.36. The largest absolute Gasteiger partial charge is 0.497 e. The summed E-state index contributed by atoms with van der Waals surface area (Å²) in [5.74, 6) is 1.86. The number of rotatable bonds is 5. The monoisotopic (exact) mass is 334 g/mol. The summed E-state index contributed by atoms with van der Waals surface area (Å²) in [7, 11) is 3.35. The first-order chi connectivity index (χ1) is 11.7. The zero-order valence-electron chi connectivity index (χ0n) is 14.5. The van der Waals surface area contributed by atoms with E-state index in [-0.39, 0.29) is 12.0 Å². The number of ether oxygens (including phenoxy) is 3. The maximum Gasteiger partial charge on any atom is 0.251 e. The van der Waals surface area contributed by atoms with Crippen LogP contribution in [0.3, 0.4) is 0 Å². The Kier molecular flexibility index (Phi) is 5.58. The van der Waals surface area contributed by atoms with Crippen molar-refractivity contribution in [3.05, 3.63) is 23.8 Å². The lowest BCUT2D eigenvalue weighted by Crippen LogP contribution is -2.51. The minimum atomic E-state index is -0.213. The summed E-state index contributed by atoms with van der Waals surface area (Å²) in [5, 5.41) is 0. The van der Waals surface area contributed by atoms with Crippen LogP contribution in [0.4, 0.5) is 0 Å². The first-order valence-corrected chi connectivity index (χ1v) is 8.55. The molecule has 6 nitrogen and oxygen atoms in total. The van der Waals surface area contributed by atoms with E-state index in [1.807, 2.05) is 23.1 Å². The third kappa shape index (κ3) is 3.82. The summed E-state index contributed by atoms with van der Waals surface area (Å²) in [6, 6.07) is 5.86. The molecule has 0 N–H and O–H groups in total. The molecule has 2 heterocycles. The lowest BCUT2D eigenvalue weighted by molar-refractivity contribution is -0.142. The third-order valence-corrected chi connectivity index (χ3v) is 4.77. The molecule has 3 rings (SSSR count). The second-order valence-corrected chi connectivity index (χ2v) is 6.28. The van der Waals surface area contributed by atoms with Gasteiger partial charge in [0, 0.05) is 44.9 Å². The number of benzene rings is 1. The fourth-order valence-corrected chi connectivity index (χ4v) is 3.35. The average molecular weight is 334 g/mol. The van der Waals surface area contributed by atoms with Crippen LogP contribution in [0.2, 0.25) is 0 Å². The van der Waals surface area contributed by atoms with Crippen LogP contribution in [0.25, 0.3) is 0 Å². The number of carbonyl (C=O) groups is 1. The fourth-order valence-electron chi connectivity index (χ4n) is 3.35. The van der Waals surface area contributed by atoms with Gasteiger partial charge in [0.1, 0.15) is 17.6 Å². The molecule has 2 aliphatic heterocycles. The van der Waals surface area contributed by atoms with E-state index in [9.17, 15) is 4.79 Å². The first-order valence-electron chi connectivity index (χ1n) is 8.55. The van der Waals surface area contributed by atoms with Crippen molar-refractivity contribution >= 4 is 5.91 Å². The van der Waals surface area contributed by atoms with Crippen molar-refractivity contribution in [1.29, 1.82) is 0 Å². The van der Waals surface area contributed by atoms with E-state index >= 15 is 0 Å². The highest BCUT2D eigenvalue weighted by atomic mass is 16.5. The van der Waals surface area contributed by atoms with Crippen molar-refractivity contribution in [2.24, 2.45) is 0 Å². The molecule has 2 fully saturated rings. The van der Waals surface area contributed by atoms with Gasteiger partial charge in [0.25, 0.3) is 5.91 Å². The molecule has 1 unspecified atom stereocenters. The van der Waals surface area contributed by atoms with Crippen molar-refractivity contribution in [2.45, 2.75) is 25.5 Å². The zero-order chi connectivity index (χ0) is 16.9. The van der Waals surface area contributed by atoms with E-state index in [1.54, 1.807) is 14.2 Å². The average Bonchev–Trinajstić information content (AvgIpc) is 3.16. The van der Waals surface area contributed by atoms with Gasteiger partial charge in [-0.2, -0.15) is 0 Å². The summed E-state index contributed by atoms with van der Waals surface area (Å²) in [6.07, 6.45) is 1.64. The first kappa shape index (κ1) is 17.0. The van der Waals surface area contributed by atoms with Crippen molar-refractivity contribution in [3.63, 3.8) is 0 Å². The molecule has 0 aromatic heterocycles. The molecule has 24 heavy (non-hydrogen) atoms. The number of piperazine rings is 1. The number of carbonyl (C=O) groups excluding carboxylic acids is 1. The molecular formula is C18H26N2O4. The Morgan fingerprint density at radius 2 is 2.00 bits per heavy atom. The van der Waals surface area contributed by atoms with Crippen LogP contribution in [-0.2, 0) is 16.1 Å². The number of methoxy groups -OCH3 is 2. The van der Waals surface area contributed by atoms with E-state index in [4.69, 9.17) is 14.2 Å². The molecule has 1 atom stereocenters. The number of nitrogens with zero attached hydrogens (tertiary/aromatic N) is 2. The van der Waals surface area contributed by atoms with Gasteiger partial charge >= 0.3 is 0 Å². The molecule has 0 aliphatic carbocycles. The highest BCUT2D eigenvalue weighted by Gasteiger charge is 2.30. The second kappa shape index (κ2) is 7.85. The smallest absolute Gasteiger partial charge is 0.251 e. The summed E-state index contributed by atoms with van der Waals surface area (Å²) >= 11 is 0. The molecule has 0 spiro atoms. The predicted molar refractivity (Wildman–Crippen MR) is 90.4 cm³/mol. The van der Waals surface area contributed by atoms with E-state index < -0.39 is 0 Å². The van der Waals surface area contributed by atoms with Crippen LogP contribution in [0.1, 0.15) is 18.4 Å². The normalized spacial score (nSPS) is 21.8. The quantitative estimate of drug-likeness (QED) is 0.817. The SMILES string of the molecule is COc1ccc(OC)c(CN2CCN(C(=O)C3CCCO3)CC2)c1. The predicted octanol–water partition coefficient (Wildman–Crippen LogP) is 1.53. The van der Waals surface area contributed by atoms with Crippen molar-refractivity contribution < 1.29 is 19.0 Å². The van der Waals surface area contributed by atoms with Gasteiger partial charge in [-0.25, -0.2) is 0 Å². The van der Waals surface area contributed by atoms with Crippen LogP contribution in [0.5, 0.6) is 11.5 Å². The van der Waals surface area contributed by atoms with Gasteiger partial charge in [-0.05, 0) is 31.0 Å². The van der Waals surface area contributed by atoms with Crippen LogP contribution in [0, 0.1) is 0 Å². The van der Waals surface area contributed by atoms with Gasteiger partial charge in [0.2, 0.25) is 0 Å². The van der Waals surface area contributed by atoms with Crippen LogP contribution >= 0.6 is 0 Å². The topological polar surface area (TPSA) is 51.2 Å². The van der Waals surface area contributed by atoms with E-state index in [0.29, 0.717) is 6.61 Å². The molecule has 1 aromatic rings. The Balaban J connectivity index is 1.56. The molecular weight excluding hydrogens is 308 g/mol. The van der Waals surface area contributed by atoms with Crippen molar-refractivity contribution in [3.8, 4) is 11.5 Å². The molecule has 1 amide bonds. The number of amides is 1. The van der Waals surface area contributed by atoms with E-state index in [2.05, 4.69) is 4.90 Å². The third-order valence-electron chi connectivity index (χ3n) is 4.77. The van der Waals surface area contributed by atoms with Gasteiger partial charge in [-0.15, -0.1) is 0 Å². The Labute approximate surface area is 143 Å². The number of hydrogen-bond donors (Lipinski definition) is 0. The van der Waals surface area contributed by atoms with Crippen LogP contribution in [-0.4, -0.2) is 68.8 Å². The Morgan fingerprint density at radius 3 is 2.62 bits per heavy atom. The van der Waals surface area contributed by atoms with Crippen LogP contribution < -0.4 is 9.47 Å². The highest BCUT2D eigenvalue weighted by molar-refractivity contribution is 5.81. The van der Waals surface area contributed by atoms with Gasteiger partial charge in [-0.3, -0.25) is 9.69 Å². The molecule has 2 saturated heterocycles. The maximum atomic E-state index is 12.4. The minimum Gasteiger partial charge on any atom is -0.497 e. The summed E-state index contributed by atoms with van der Waals surface area (Å²) in [6.45, 7) is 4.74. The molecule has 6 heteroatoms. The zero-order valence-corrected chi connectivity index (χ0v) is 14.5. The maximum absolute atomic E-state index is 12.4. The molecule has 132 valence electrons. The van der Waals surface area contributed by atoms with E-state index in [1.165, 1.54) is 0 Å². The molecule has 1 aromatic carbocycles. The lowest BCUT2D eigenvalue weighted by atomic mass is 10.1. The standard InChI is InChI=1S/C18H26N2O4/c1-22-15-5-6-16(23-2)14(12-15)13-19-7-9-20(10-8-19)18(21)17-4-3-11-24-17/h5-6,12,17H,3-4,7-11,13H2,1-2H3. The Hall–Kier alpha value is -1.79. The Bertz CT molecular complexity index is 564. The van der Waals surface area contributed by atoms with Crippen molar-refractivity contribution in [2.75, 3.05) is 47.0 Å². The highest BCUT2D eigenvalue weighted by Crippen LogP contribution is 2.26. The Morgan fingerprint density at radius 1 is 1.21 bits per heavy atom. The summed E-state index contributed by atoms with van der Waals surface area (Å²) in [5.41, 5.74) is 1.11. The minimum absolute atomic E-state index is 0.158. The van der Waals surface area contributed by atoms with Gasteiger partial charge in [0.05, 0.1) is 14.2 Å².